The highest BCUT2D eigenvalue weighted by molar-refractivity contribution is 6.42. The molecule has 206 valence electrons. The average molecular weight is 575 g/mol. The number of aromatic nitrogens is 2. The van der Waals surface area contributed by atoms with Gasteiger partial charge in [-0.1, -0.05) is 35.3 Å². The number of anilines is 1. The van der Waals surface area contributed by atoms with E-state index in [0.29, 0.717) is 51.7 Å². The van der Waals surface area contributed by atoms with Crippen molar-refractivity contribution in [3.8, 4) is 0 Å². The van der Waals surface area contributed by atoms with Gasteiger partial charge in [-0.15, -0.1) is 0 Å². The van der Waals surface area contributed by atoms with E-state index in [4.69, 9.17) is 33.4 Å². The molecule has 5 rings (SSSR count). The standard InChI is InChI=1S/C23H24Cl2N4O2.C4H4O4/c24-19-9-8-15(12-20(19)25)27-13-16-6-7-17(14-27)28(16)10-3-11-29-22(30)18-4-1-2-5-21(18)26-23(29)31;5-3(6)1-2-4(7)8/h1-2,4-5,8-9,12,16-17H,3,6-7,10-11,13-14H2,(H,26,31);1-2H,(H,5,6)(H,7,8)/b;2-1-. The van der Waals surface area contributed by atoms with Crippen molar-refractivity contribution >= 4 is 51.7 Å². The first-order valence-corrected chi connectivity index (χ1v) is 13.2. The third-order valence-corrected chi connectivity index (χ3v) is 7.70. The summed E-state index contributed by atoms with van der Waals surface area (Å²) in [5.41, 5.74) is 1.15. The molecule has 0 saturated carbocycles. The molecule has 2 aliphatic rings. The van der Waals surface area contributed by atoms with Crippen LogP contribution < -0.4 is 16.1 Å². The minimum atomic E-state index is -1.26. The van der Waals surface area contributed by atoms with E-state index in [9.17, 15) is 19.2 Å². The molecule has 2 saturated heterocycles. The number of halogens is 2. The maximum atomic E-state index is 12.7. The number of carboxylic acids is 2. The number of carboxylic acid groups (broad SMARTS) is 2. The first-order chi connectivity index (χ1) is 18.6. The van der Waals surface area contributed by atoms with Gasteiger partial charge in [0.2, 0.25) is 0 Å². The van der Waals surface area contributed by atoms with Crippen LogP contribution in [0.3, 0.4) is 0 Å². The van der Waals surface area contributed by atoms with Gasteiger partial charge in [-0.2, -0.15) is 0 Å². The van der Waals surface area contributed by atoms with Crippen molar-refractivity contribution in [3.63, 3.8) is 0 Å². The summed E-state index contributed by atoms with van der Waals surface area (Å²) in [4.78, 5) is 52.0. The van der Waals surface area contributed by atoms with Crippen molar-refractivity contribution in [2.24, 2.45) is 0 Å². The number of hydrogen-bond acceptors (Lipinski definition) is 6. The topological polar surface area (TPSA) is 136 Å². The number of benzene rings is 2. The molecule has 2 bridgehead atoms. The van der Waals surface area contributed by atoms with Crippen LogP contribution in [-0.4, -0.2) is 68.3 Å². The van der Waals surface area contributed by atoms with Crippen molar-refractivity contribution in [1.29, 1.82) is 0 Å². The fourth-order valence-electron chi connectivity index (χ4n) is 5.20. The summed E-state index contributed by atoms with van der Waals surface area (Å²) in [5, 5.41) is 17.3. The molecule has 2 atom stereocenters. The number of H-pyrrole nitrogens is 1. The molecule has 0 aliphatic carbocycles. The van der Waals surface area contributed by atoms with Crippen LogP contribution in [-0.2, 0) is 16.1 Å². The number of nitrogens with zero attached hydrogens (tertiary/aromatic N) is 3. The Kier molecular flexibility index (Phi) is 9.11. The molecular formula is C27H28Cl2N4O6. The Bertz CT molecular complexity index is 1490. The lowest BCUT2D eigenvalue weighted by Gasteiger charge is -2.42. The van der Waals surface area contributed by atoms with Crippen molar-refractivity contribution in [2.75, 3.05) is 24.5 Å². The molecule has 0 radical (unpaired) electrons. The van der Waals surface area contributed by atoms with Crippen LogP contribution in [0.25, 0.3) is 10.9 Å². The van der Waals surface area contributed by atoms with E-state index in [1.807, 2.05) is 30.3 Å². The van der Waals surface area contributed by atoms with Crippen LogP contribution in [0.4, 0.5) is 5.69 Å². The SMILES string of the molecule is O=C(O)/C=C\C(=O)O.O=c1[nH]c2ccccc2c(=O)n1CCCN1C2CCC1CN(c1ccc(Cl)c(Cl)c1)C2. The molecule has 1 aromatic heterocycles. The molecule has 0 amide bonds. The minimum Gasteiger partial charge on any atom is -0.478 e. The van der Waals surface area contributed by atoms with Gasteiger partial charge in [-0.3, -0.25) is 14.3 Å². The fraction of sp³-hybridized carbons (Fsp3) is 0.333. The zero-order valence-corrected chi connectivity index (χ0v) is 22.4. The molecule has 3 heterocycles. The molecule has 12 heteroatoms. The summed E-state index contributed by atoms with van der Waals surface area (Å²) in [5.74, 6) is -2.51. The summed E-state index contributed by atoms with van der Waals surface area (Å²) in [6.45, 7) is 3.20. The molecule has 2 aliphatic heterocycles. The number of para-hydroxylation sites is 1. The lowest BCUT2D eigenvalue weighted by atomic mass is 10.1. The van der Waals surface area contributed by atoms with Gasteiger partial charge < -0.3 is 20.1 Å². The normalized spacial score (nSPS) is 18.8. The van der Waals surface area contributed by atoms with E-state index in [1.54, 1.807) is 12.1 Å². The van der Waals surface area contributed by atoms with E-state index in [0.717, 1.165) is 31.7 Å². The lowest BCUT2D eigenvalue weighted by molar-refractivity contribution is -0.134. The van der Waals surface area contributed by atoms with E-state index in [1.165, 1.54) is 17.4 Å². The zero-order chi connectivity index (χ0) is 28.1. The number of hydrogen-bond donors (Lipinski definition) is 3. The first kappa shape index (κ1) is 28.4. The Morgan fingerprint density at radius 2 is 1.56 bits per heavy atom. The van der Waals surface area contributed by atoms with Crippen LogP contribution in [0, 0.1) is 0 Å². The molecule has 39 heavy (non-hydrogen) atoms. The lowest BCUT2D eigenvalue weighted by Crippen LogP contribution is -2.54. The van der Waals surface area contributed by atoms with Crippen LogP contribution in [0.5, 0.6) is 0 Å². The highest BCUT2D eigenvalue weighted by Crippen LogP contribution is 2.34. The second kappa shape index (κ2) is 12.5. The third-order valence-electron chi connectivity index (χ3n) is 6.96. The van der Waals surface area contributed by atoms with Crippen LogP contribution in [0.2, 0.25) is 10.0 Å². The van der Waals surface area contributed by atoms with Gasteiger partial charge in [-0.25, -0.2) is 14.4 Å². The monoisotopic (exact) mass is 574 g/mol. The van der Waals surface area contributed by atoms with E-state index in [-0.39, 0.29) is 11.2 Å². The predicted octanol–water partition coefficient (Wildman–Crippen LogP) is 3.45. The largest absolute Gasteiger partial charge is 0.478 e. The number of aliphatic carboxylic acids is 2. The molecular weight excluding hydrogens is 547 g/mol. The Hall–Kier alpha value is -3.60. The summed E-state index contributed by atoms with van der Waals surface area (Å²) in [6.07, 6.45) is 4.21. The summed E-state index contributed by atoms with van der Waals surface area (Å²) < 4.78 is 1.33. The number of aromatic amines is 1. The summed E-state index contributed by atoms with van der Waals surface area (Å²) in [6, 6.07) is 13.9. The molecule has 10 nitrogen and oxygen atoms in total. The number of nitrogens with one attached hydrogen (secondary N) is 1. The number of piperazine rings is 1. The highest BCUT2D eigenvalue weighted by Gasteiger charge is 2.39. The van der Waals surface area contributed by atoms with Gasteiger partial charge in [0.05, 0.1) is 20.9 Å². The van der Waals surface area contributed by atoms with Crippen LogP contribution in [0.15, 0.2) is 64.2 Å². The van der Waals surface area contributed by atoms with Gasteiger partial charge in [-0.05, 0) is 49.6 Å². The van der Waals surface area contributed by atoms with Crippen LogP contribution >= 0.6 is 23.2 Å². The van der Waals surface area contributed by atoms with Crippen LogP contribution in [0.1, 0.15) is 19.3 Å². The highest BCUT2D eigenvalue weighted by atomic mass is 35.5. The number of carbonyl (C=O) groups is 2. The predicted molar refractivity (Wildman–Crippen MR) is 150 cm³/mol. The number of rotatable bonds is 7. The second-order valence-electron chi connectivity index (χ2n) is 9.42. The second-order valence-corrected chi connectivity index (χ2v) is 10.2. The van der Waals surface area contributed by atoms with Crippen molar-refractivity contribution in [2.45, 2.75) is 37.9 Å². The summed E-state index contributed by atoms with van der Waals surface area (Å²) in [7, 11) is 0. The zero-order valence-electron chi connectivity index (χ0n) is 20.9. The van der Waals surface area contributed by atoms with Gasteiger partial charge >= 0.3 is 17.6 Å². The van der Waals surface area contributed by atoms with Gasteiger partial charge in [0, 0.05) is 56.1 Å². The Balaban J connectivity index is 0.000000386. The fourth-order valence-corrected chi connectivity index (χ4v) is 5.50. The van der Waals surface area contributed by atoms with Crippen molar-refractivity contribution in [1.82, 2.24) is 14.5 Å². The quantitative estimate of drug-likeness (QED) is 0.365. The van der Waals surface area contributed by atoms with Crippen molar-refractivity contribution < 1.29 is 19.8 Å². The van der Waals surface area contributed by atoms with Gasteiger partial charge in [0.1, 0.15) is 0 Å². The Labute approximate surface area is 233 Å². The minimum absolute atomic E-state index is 0.216. The summed E-state index contributed by atoms with van der Waals surface area (Å²) >= 11 is 12.3. The molecule has 2 unspecified atom stereocenters. The van der Waals surface area contributed by atoms with Gasteiger partial charge in [0.15, 0.2) is 0 Å². The first-order valence-electron chi connectivity index (χ1n) is 12.5. The smallest absolute Gasteiger partial charge is 0.328 e. The molecule has 2 fully saturated rings. The third kappa shape index (κ3) is 6.89. The van der Waals surface area contributed by atoms with E-state index in [2.05, 4.69) is 14.8 Å². The van der Waals surface area contributed by atoms with Crippen molar-refractivity contribution in [3.05, 3.63) is 85.5 Å². The average Bonchev–Trinajstić information content (AvgIpc) is 3.12. The van der Waals surface area contributed by atoms with E-state index < -0.39 is 11.9 Å². The van der Waals surface area contributed by atoms with E-state index >= 15 is 0 Å². The Morgan fingerprint density at radius 3 is 2.18 bits per heavy atom. The molecule has 3 aromatic rings. The number of fused-ring (bicyclic) bond motifs is 3. The molecule has 0 spiro atoms. The Morgan fingerprint density at radius 1 is 0.923 bits per heavy atom. The maximum absolute atomic E-state index is 12.7. The van der Waals surface area contributed by atoms with Gasteiger partial charge in [0.25, 0.3) is 5.56 Å². The molecule has 3 N–H and O–H groups in total. The maximum Gasteiger partial charge on any atom is 0.328 e. The molecule has 2 aromatic carbocycles.